The first-order chi connectivity index (χ1) is 13.0. The molecule has 0 saturated carbocycles. The second-order valence-corrected chi connectivity index (χ2v) is 8.79. The van der Waals surface area contributed by atoms with Gasteiger partial charge in [-0.05, 0) is 86.2 Å². The minimum Gasteiger partial charge on any atom is -0.115 e. The largest absolute Gasteiger partial charge is 0.115 e. The van der Waals surface area contributed by atoms with E-state index in [9.17, 15) is 0 Å². The van der Waals surface area contributed by atoms with Gasteiger partial charge in [0.05, 0.1) is 0 Å². The number of fused-ring (bicyclic) bond motifs is 3. The molecule has 2 aliphatic rings. The molecule has 0 saturated heterocycles. The van der Waals surface area contributed by atoms with Crippen molar-refractivity contribution in [1.29, 1.82) is 0 Å². The van der Waals surface area contributed by atoms with Crippen LogP contribution < -0.4 is 0 Å². The number of allylic oxidation sites excluding steroid dienone is 8. The van der Waals surface area contributed by atoms with Gasteiger partial charge in [-0.15, -0.1) is 6.42 Å². The second kappa shape index (κ2) is 7.02. The number of hydrogen-bond acceptors (Lipinski definition) is 0. The summed E-state index contributed by atoms with van der Waals surface area (Å²) in [7, 11) is 0. The summed E-state index contributed by atoms with van der Waals surface area (Å²) in [6, 6.07) is 15.5. The summed E-state index contributed by atoms with van der Waals surface area (Å²) in [5.74, 6) is 2.72. The summed E-state index contributed by atoms with van der Waals surface area (Å²) in [6.07, 6.45) is 17.2. The Morgan fingerprint density at radius 3 is 2.59 bits per heavy atom. The number of hydrogen-bond donors (Lipinski definition) is 0. The van der Waals surface area contributed by atoms with Gasteiger partial charge in [-0.25, -0.2) is 0 Å². The Morgan fingerprint density at radius 1 is 1.07 bits per heavy atom. The Balaban J connectivity index is 1.79. The lowest BCUT2D eigenvalue weighted by Crippen LogP contribution is -2.15. The van der Waals surface area contributed by atoms with Crippen LogP contribution >= 0.6 is 22.6 Å². The molecule has 2 aromatic carbocycles. The molecule has 2 aromatic rings. The average Bonchev–Trinajstić information content (AvgIpc) is 2.91. The monoisotopic (exact) mass is 460 g/mol. The normalized spacial score (nSPS) is 18.7. The van der Waals surface area contributed by atoms with E-state index in [-0.39, 0.29) is 5.41 Å². The molecule has 0 nitrogen and oxygen atoms in total. The first-order valence-electron chi connectivity index (χ1n) is 9.16. The van der Waals surface area contributed by atoms with Crippen LogP contribution in [-0.2, 0) is 5.41 Å². The number of halogens is 1. The van der Waals surface area contributed by atoms with Gasteiger partial charge in [-0.2, -0.15) is 0 Å². The molecule has 132 valence electrons. The minimum atomic E-state index is -0.0000752. The molecule has 2 aliphatic carbocycles. The van der Waals surface area contributed by atoms with E-state index in [0.29, 0.717) is 0 Å². The van der Waals surface area contributed by atoms with Crippen molar-refractivity contribution < 1.29 is 0 Å². The van der Waals surface area contributed by atoms with Crippen LogP contribution in [0.3, 0.4) is 0 Å². The average molecular weight is 460 g/mol. The highest BCUT2D eigenvalue weighted by Crippen LogP contribution is 2.49. The van der Waals surface area contributed by atoms with Crippen LogP contribution in [-0.4, -0.2) is 0 Å². The predicted molar refractivity (Wildman–Crippen MR) is 125 cm³/mol. The van der Waals surface area contributed by atoms with E-state index in [0.717, 1.165) is 12.0 Å². The van der Waals surface area contributed by atoms with Gasteiger partial charge in [0.15, 0.2) is 0 Å². The van der Waals surface area contributed by atoms with E-state index in [1.807, 2.05) is 6.08 Å². The zero-order valence-corrected chi connectivity index (χ0v) is 17.7. The molecular weight excluding hydrogens is 439 g/mol. The molecule has 0 amide bonds. The summed E-state index contributed by atoms with van der Waals surface area (Å²) in [4.78, 5) is 0. The van der Waals surface area contributed by atoms with Crippen LogP contribution in [0.1, 0.15) is 37.0 Å². The van der Waals surface area contributed by atoms with E-state index in [1.54, 1.807) is 0 Å². The molecule has 27 heavy (non-hydrogen) atoms. The molecule has 0 unspecified atom stereocenters. The molecule has 1 heteroatoms. The molecule has 0 spiro atoms. The highest BCUT2D eigenvalue weighted by molar-refractivity contribution is 14.1. The van der Waals surface area contributed by atoms with Crippen molar-refractivity contribution in [3.8, 4) is 23.5 Å². The first kappa shape index (κ1) is 18.1. The second-order valence-electron chi connectivity index (χ2n) is 7.54. The minimum absolute atomic E-state index is 0.0000752. The fourth-order valence-electron chi connectivity index (χ4n) is 4.03. The number of rotatable bonds is 2. The first-order valence-corrected chi connectivity index (χ1v) is 10.2. The molecule has 0 aromatic heterocycles. The number of benzene rings is 2. The topological polar surface area (TPSA) is 0 Å². The van der Waals surface area contributed by atoms with E-state index in [1.165, 1.54) is 37.0 Å². The fourth-order valence-corrected chi connectivity index (χ4v) is 4.43. The van der Waals surface area contributed by atoms with E-state index in [2.05, 4.69) is 109 Å². The molecule has 0 atom stereocenters. The smallest absolute Gasteiger partial charge is 0.0159 e. The maximum absolute atomic E-state index is 5.64. The standard InChI is InChI=1S/C26H21I/c1-4-7-19(16-18-10-13-21(27)14-11-18)20-12-15-23-22-8-5-6-9-24(22)26(2,3)25(23)17-20/h1,5-10,12-17H,11H2,2-3H3/b18-16-,19-7+. The van der Waals surface area contributed by atoms with Crippen molar-refractivity contribution in [1.82, 2.24) is 0 Å². The van der Waals surface area contributed by atoms with Crippen LogP contribution in [0.4, 0.5) is 0 Å². The van der Waals surface area contributed by atoms with E-state index < -0.39 is 0 Å². The van der Waals surface area contributed by atoms with Crippen molar-refractivity contribution in [2.24, 2.45) is 0 Å². The Hall–Kier alpha value is -2.31. The predicted octanol–water partition coefficient (Wildman–Crippen LogP) is 7.21. The Morgan fingerprint density at radius 2 is 1.85 bits per heavy atom. The third-order valence-electron chi connectivity index (χ3n) is 5.49. The number of terminal acetylenes is 1. The lowest BCUT2D eigenvalue weighted by Gasteiger charge is -2.22. The van der Waals surface area contributed by atoms with Gasteiger partial charge >= 0.3 is 0 Å². The van der Waals surface area contributed by atoms with Crippen LogP contribution in [0.15, 0.2) is 82.0 Å². The summed E-state index contributed by atoms with van der Waals surface area (Å²) in [6.45, 7) is 4.61. The van der Waals surface area contributed by atoms with Gasteiger partial charge in [0.2, 0.25) is 0 Å². The Bertz CT molecular complexity index is 1080. The molecule has 0 fully saturated rings. The maximum Gasteiger partial charge on any atom is 0.0159 e. The van der Waals surface area contributed by atoms with Crippen LogP contribution in [0.2, 0.25) is 0 Å². The van der Waals surface area contributed by atoms with Gasteiger partial charge in [-0.1, -0.05) is 74.4 Å². The van der Waals surface area contributed by atoms with Gasteiger partial charge in [-0.3, -0.25) is 0 Å². The van der Waals surface area contributed by atoms with Crippen molar-refractivity contribution in [2.45, 2.75) is 25.7 Å². The quantitative estimate of drug-likeness (QED) is 0.328. The van der Waals surface area contributed by atoms with Crippen molar-refractivity contribution in [2.75, 3.05) is 0 Å². The maximum atomic E-state index is 5.64. The Kier molecular flexibility index (Phi) is 4.70. The third kappa shape index (κ3) is 3.24. The highest BCUT2D eigenvalue weighted by Gasteiger charge is 2.35. The van der Waals surface area contributed by atoms with Gasteiger partial charge < -0.3 is 0 Å². The summed E-state index contributed by atoms with van der Waals surface area (Å²) >= 11 is 2.35. The molecule has 0 bridgehead atoms. The van der Waals surface area contributed by atoms with Crippen molar-refractivity contribution >= 4 is 28.2 Å². The molecule has 0 radical (unpaired) electrons. The molecule has 0 heterocycles. The van der Waals surface area contributed by atoms with Gasteiger partial charge in [0.1, 0.15) is 0 Å². The zero-order valence-electron chi connectivity index (χ0n) is 15.6. The SMILES string of the molecule is C#C/C=C(\C=C1\C=CC(I)=CC1)c1ccc2c(c1)C(C)(C)c1ccccc1-2. The summed E-state index contributed by atoms with van der Waals surface area (Å²) < 4.78 is 1.28. The van der Waals surface area contributed by atoms with E-state index >= 15 is 0 Å². The molecule has 0 aliphatic heterocycles. The lowest BCUT2D eigenvalue weighted by atomic mass is 9.81. The fraction of sp³-hybridized carbons (Fsp3) is 0.154. The van der Waals surface area contributed by atoms with E-state index in [4.69, 9.17) is 6.42 Å². The summed E-state index contributed by atoms with van der Waals surface area (Å²) in [5, 5.41) is 0. The zero-order chi connectivity index (χ0) is 19.0. The summed E-state index contributed by atoms with van der Waals surface area (Å²) in [5.41, 5.74) is 9.00. The van der Waals surface area contributed by atoms with Crippen molar-refractivity contribution in [3.05, 3.63) is 98.7 Å². The van der Waals surface area contributed by atoms with Gasteiger partial charge in [0.25, 0.3) is 0 Å². The molecular formula is C26H21I. The highest BCUT2D eigenvalue weighted by atomic mass is 127. The molecule has 4 rings (SSSR count). The van der Waals surface area contributed by atoms with Crippen molar-refractivity contribution in [3.63, 3.8) is 0 Å². The van der Waals surface area contributed by atoms with Crippen LogP contribution in [0, 0.1) is 12.3 Å². The molecule has 0 N–H and O–H groups in total. The Labute approximate surface area is 175 Å². The van der Waals surface area contributed by atoms with Crippen LogP contribution in [0.5, 0.6) is 0 Å². The lowest BCUT2D eigenvalue weighted by molar-refractivity contribution is 0.660. The van der Waals surface area contributed by atoms with Gasteiger partial charge in [0, 0.05) is 8.99 Å². The third-order valence-corrected chi connectivity index (χ3v) is 6.29. The van der Waals surface area contributed by atoms with Crippen LogP contribution in [0.25, 0.3) is 16.7 Å².